The molecule has 0 aliphatic heterocycles. The first kappa shape index (κ1) is 29.0. The standard InChI is InChI=1S/C26H22N4O9S2/c31-25(32)27-29-40(35,36)19-13-9-17(10-14-19)21-5-1-2-6-22(21)23-7-3-4-8-24(23)39-18-11-15-20(16-12-18)41(37,38)30-28-26(33)34/h1-16,27-30H,(H,31,32)(H,33,34). The second-order valence-corrected chi connectivity index (χ2v) is 11.6. The third-order valence-electron chi connectivity index (χ3n) is 5.53. The molecule has 0 bridgehead atoms. The van der Waals surface area contributed by atoms with Crippen LogP contribution in [0.4, 0.5) is 9.59 Å². The number of hydrogen-bond acceptors (Lipinski definition) is 7. The number of nitrogens with one attached hydrogen (secondary N) is 4. The Hall–Kier alpha value is -4.96. The molecule has 4 aromatic rings. The Morgan fingerprint density at radius 3 is 1.51 bits per heavy atom. The Morgan fingerprint density at radius 1 is 0.561 bits per heavy atom. The van der Waals surface area contributed by atoms with Crippen molar-refractivity contribution in [2.75, 3.05) is 0 Å². The maximum atomic E-state index is 12.3. The number of sulfonamides is 2. The molecule has 0 radical (unpaired) electrons. The Morgan fingerprint density at radius 2 is 1.00 bits per heavy atom. The van der Waals surface area contributed by atoms with Crippen LogP contribution in [-0.4, -0.2) is 39.2 Å². The smallest absolute Gasteiger partial charge is 0.420 e. The van der Waals surface area contributed by atoms with Gasteiger partial charge in [0.2, 0.25) is 0 Å². The van der Waals surface area contributed by atoms with E-state index in [1.54, 1.807) is 44.8 Å². The number of benzene rings is 4. The number of ether oxygens (including phenoxy) is 1. The summed E-state index contributed by atoms with van der Waals surface area (Å²) in [5, 5.41) is 17.3. The molecule has 0 aromatic heterocycles. The zero-order valence-corrected chi connectivity index (χ0v) is 22.4. The maximum Gasteiger partial charge on any atom is 0.420 e. The van der Waals surface area contributed by atoms with Gasteiger partial charge in [-0.1, -0.05) is 54.6 Å². The van der Waals surface area contributed by atoms with E-state index >= 15 is 0 Å². The fraction of sp³-hybridized carbons (Fsp3) is 0. The van der Waals surface area contributed by atoms with E-state index in [0.29, 0.717) is 22.6 Å². The molecule has 0 unspecified atom stereocenters. The molecule has 0 atom stereocenters. The fourth-order valence-electron chi connectivity index (χ4n) is 3.71. The average Bonchev–Trinajstić information content (AvgIpc) is 2.96. The van der Waals surface area contributed by atoms with Crippen molar-refractivity contribution >= 4 is 32.2 Å². The Bertz CT molecular complexity index is 1790. The van der Waals surface area contributed by atoms with Crippen LogP contribution < -0.4 is 25.3 Å². The lowest BCUT2D eigenvalue weighted by Crippen LogP contribution is -2.40. The van der Waals surface area contributed by atoms with E-state index in [4.69, 9.17) is 14.9 Å². The highest BCUT2D eigenvalue weighted by atomic mass is 32.2. The minimum atomic E-state index is -4.12. The lowest BCUT2D eigenvalue weighted by molar-refractivity contribution is 0.191. The molecule has 13 nitrogen and oxygen atoms in total. The van der Waals surface area contributed by atoms with Crippen molar-refractivity contribution in [1.29, 1.82) is 0 Å². The van der Waals surface area contributed by atoms with E-state index < -0.39 is 32.2 Å². The first-order valence-electron chi connectivity index (χ1n) is 11.5. The lowest BCUT2D eigenvalue weighted by Gasteiger charge is -2.15. The summed E-state index contributed by atoms with van der Waals surface area (Å²) in [5.41, 5.74) is 6.09. The number of hydrogen-bond donors (Lipinski definition) is 6. The van der Waals surface area contributed by atoms with Crippen LogP contribution in [0.1, 0.15) is 0 Å². The number of carbonyl (C=O) groups is 2. The third kappa shape index (κ3) is 7.17. The van der Waals surface area contributed by atoms with Gasteiger partial charge in [0.25, 0.3) is 20.0 Å². The van der Waals surface area contributed by atoms with E-state index in [1.165, 1.54) is 36.4 Å². The topological polar surface area (TPSA) is 200 Å². The quantitative estimate of drug-likeness (QED) is 0.147. The first-order valence-corrected chi connectivity index (χ1v) is 14.5. The van der Waals surface area contributed by atoms with Crippen LogP contribution in [0, 0.1) is 0 Å². The van der Waals surface area contributed by atoms with Crippen LogP contribution in [0.3, 0.4) is 0 Å². The largest absolute Gasteiger partial charge is 0.464 e. The summed E-state index contributed by atoms with van der Waals surface area (Å²) >= 11 is 0. The van der Waals surface area contributed by atoms with Gasteiger partial charge in [-0.25, -0.2) is 37.3 Å². The molecule has 6 N–H and O–H groups in total. The van der Waals surface area contributed by atoms with Crippen LogP contribution in [0.15, 0.2) is 107 Å². The van der Waals surface area contributed by atoms with Crippen LogP contribution in [0.25, 0.3) is 22.3 Å². The summed E-state index contributed by atoms with van der Waals surface area (Å²) in [5.74, 6) is 0.765. The molecule has 4 rings (SSSR count). The second kappa shape index (κ2) is 12.1. The molecule has 0 saturated carbocycles. The van der Waals surface area contributed by atoms with Crippen molar-refractivity contribution < 1.29 is 41.4 Å². The normalized spacial score (nSPS) is 11.4. The van der Waals surface area contributed by atoms with E-state index in [9.17, 15) is 26.4 Å². The average molecular weight is 599 g/mol. The molecule has 41 heavy (non-hydrogen) atoms. The lowest BCUT2D eigenvalue weighted by atomic mass is 9.94. The summed E-state index contributed by atoms with van der Waals surface area (Å²) in [6.07, 6.45) is -3.11. The summed E-state index contributed by atoms with van der Waals surface area (Å²) in [4.78, 5) is 24.4. The number of amides is 2. The minimum absolute atomic E-state index is 0.143. The molecule has 0 aliphatic carbocycles. The number of hydrazine groups is 2. The zero-order valence-electron chi connectivity index (χ0n) is 20.8. The predicted octanol–water partition coefficient (Wildman–Crippen LogP) is 3.73. The van der Waals surface area contributed by atoms with E-state index in [2.05, 4.69) is 0 Å². The van der Waals surface area contributed by atoms with Crippen molar-refractivity contribution in [3.8, 4) is 33.8 Å². The highest BCUT2D eigenvalue weighted by molar-refractivity contribution is 7.89. The predicted molar refractivity (Wildman–Crippen MR) is 147 cm³/mol. The second-order valence-electron chi connectivity index (χ2n) is 8.21. The van der Waals surface area contributed by atoms with E-state index in [0.717, 1.165) is 11.1 Å². The molecular formula is C26H22N4O9S2. The van der Waals surface area contributed by atoms with Crippen molar-refractivity contribution in [3.63, 3.8) is 0 Å². The van der Waals surface area contributed by atoms with Crippen molar-refractivity contribution in [2.45, 2.75) is 9.79 Å². The molecule has 212 valence electrons. The van der Waals surface area contributed by atoms with Crippen molar-refractivity contribution in [1.82, 2.24) is 20.5 Å². The van der Waals surface area contributed by atoms with Gasteiger partial charge in [0.15, 0.2) is 0 Å². The van der Waals surface area contributed by atoms with E-state index in [1.807, 2.05) is 36.4 Å². The van der Waals surface area contributed by atoms with Crippen LogP contribution >= 0.6 is 0 Å². The molecule has 15 heteroatoms. The van der Waals surface area contributed by atoms with E-state index in [-0.39, 0.29) is 9.79 Å². The summed E-state index contributed by atoms with van der Waals surface area (Å²) < 4.78 is 55.1. The Labute approximate surface area is 234 Å². The molecule has 2 amide bonds. The monoisotopic (exact) mass is 598 g/mol. The van der Waals surface area contributed by atoms with Gasteiger partial charge in [0.05, 0.1) is 9.79 Å². The van der Waals surface area contributed by atoms with Gasteiger partial charge in [-0.15, -0.1) is 9.66 Å². The minimum Gasteiger partial charge on any atom is -0.464 e. The number of carboxylic acid groups (broad SMARTS) is 2. The van der Waals surface area contributed by atoms with Gasteiger partial charge >= 0.3 is 12.2 Å². The molecule has 0 spiro atoms. The van der Waals surface area contributed by atoms with Gasteiger partial charge in [-0.2, -0.15) is 0 Å². The Kier molecular flexibility index (Phi) is 8.53. The third-order valence-corrected chi connectivity index (χ3v) is 8.05. The maximum absolute atomic E-state index is 12.3. The van der Waals surface area contributed by atoms with Gasteiger partial charge in [0.1, 0.15) is 11.5 Å². The van der Waals surface area contributed by atoms with Gasteiger partial charge in [-0.3, -0.25) is 0 Å². The summed E-state index contributed by atoms with van der Waals surface area (Å²) in [6, 6.07) is 25.7. The molecule has 4 aromatic carbocycles. The fourth-order valence-corrected chi connectivity index (χ4v) is 5.38. The molecule has 0 aliphatic rings. The highest BCUT2D eigenvalue weighted by Crippen LogP contribution is 2.39. The Balaban J connectivity index is 1.62. The van der Waals surface area contributed by atoms with Gasteiger partial charge in [-0.05, 0) is 59.2 Å². The number of rotatable bonds is 10. The molecule has 0 saturated heterocycles. The summed E-state index contributed by atoms with van der Waals surface area (Å²) in [7, 11) is -8.23. The highest BCUT2D eigenvalue weighted by Gasteiger charge is 2.18. The van der Waals surface area contributed by atoms with Gasteiger partial charge < -0.3 is 14.9 Å². The number of para-hydroxylation sites is 1. The first-order chi connectivity index (χ1) is 19.5. The summed E-state index contributed by atoms with van der Waals surface area (Å²) in [6.45, 7) is 0. The SMILES string of the molecule is O=C(O)NNS(=O)(=O)c1ccc(Oc2ccccc2-c2ccccc2-c2ccc(S(=O)(=O)NNC(=O)O)cc2)cc1. The molecule has 0 heterocycles. The molecule has 0 fully saturated rings. The van der Waals surface area contributed by atoms with Gasteiger partial charge in [0, 0.05) is 5.56 Å². The van der Waals surface area contributed by atoms with Crippen LogP contribution in [0.2, 0.25) is 0 Å². The van der Waals surface area contributed by atoms with Crippen LogP contribution in [0.5, 0.6) is 11.5 Å². The van der Waals surface area contributed by atoms with Crippen molar-refractivity contribution in [3.05, 3.63) is 97.1 Å². The zero-order chi connectivity index (χ0) is 29.6. The molecular weight excluding hydrogens is 576 g/mol. The van der Waals surface area contributed by atoms with Crippen LogP contribution in [-0.2, 0) is 20.0 Å². The van der Waals surface area contributed by atoms with Crippen molar-refractivity contribution in [2.24, 2.45) is 0 Å².